The highest BCUT2D eigenvalue weighted by Gasteiger charge is 2.39. The number of alkyl halides is 3. The van der Waals surface area contributed by atoms with Gasteiger partial charge in [0.05, 0.1) is 29.8 Å². The highest BCUT2D eigenvalue weighted by Crippen LogP contribution is 2.39. The Kier molecular flexibility index (Phi) is 4.70. The van der Waals surface area contributed by atoms with Crippen molar-refractivity contribution in [2.45, 2.75) is 24.8 Å². The van der Waals surface area contributed by atoms with Crippen LogP contribution in [0.15, 0.2) is 42.5 Å². The second-order valence-electron chi connectivity index (χ2n) is 7.78. The number of nitrogens with zero attached hydrogens (tertiary/aromatic N) is 5. The van der Waals surface area contributed by atoms with E-state index >= 15 is 0 Å². The summed E-state index contributed by atoms with van der Waals surface area (Å²) in [6.07, 6.45) is -3.90. The van der Waals surface area contributed by atoms with Crippen LogP contribution >= 0.6 is 0 Å². The van der Waals surface area contributed by atoms with E-state index in [1.54, 1.807) is 12.1 Å². The topological polar surface area (TPSA) is 79.0 Å². The molecule has 160 valence electrons. The molecule has 3 atom stereocenters. The minimum atomic E-state index is -4.69. The molecule has 1 N–H and O–H groups in total. The maximum absolute atomic E-state index is 13.1. The lowest BCUT2D eigenvalue weighted by molar-refractivity contribution is -0.220. The summed E-state index contributed by atoms with van der Waals surface area (Å²) >= 11 is 0. The van der Waals surface area contributed by atoms with Gasteiger partial charge in [-0.2, -0.15) is 5.26 Å². The van der Waals surface area contributed by atoms with Crippen molar-refractivity contribution in [1.29, 1.82) is 5.26 Å². The summed E-state index contributed by atoms with van der Waals surface area (Å²) in [6.45, 7) is 1.82. The van der Waals surface area contributed by atoms with Crippen molar-refractivity contribution in [2.24, 2.45) is 5.92 Å². The first-order valence-electron chi connectivity index (χ1n) is 9.99. The monoisotopic (exact) mass is 428 g/mol. The fourth-order valence-electron chi connectivity index (χ4n) is 4.37. The van der Waals surface area contributed by atoms with E-state index in [1.807, 2.05) is 24.3 Å². The first-order chi connectivity index (χ1) is 14.9. The number of benzene rings is 2. The van der Waals surface area contributed by atoms with Gasteiger partial charge in [0.15, 0.2) is 0 Å². The zero-order chi connectivity index (χ0) is 21.6. The Morgan fingerprint density at radius 3 is 2.74 bits per heavy atom. The van der Waals surface area contributed by atoms with Crippen molar-refractivity contribution < 1.29 is 17.9 Å². The van der Waals surface area contributed by atoms with Crippen LogP contribution in [0.3, 0.4) is 0 Å². The van der Waals surface area contributed by atoms with Gasteiger partial charge in [-0.15, -0.1) is 23.4 Å². The summed E-state index contributed by atoms with van der Waals surface area (Å²) in [6, 6.07) is 14.5. The first-order valence-corrected chi connectivity index (χ1v) is 9.99. The van der Waals surface area contributed by atoms with Crippen LogP contribution in [-0.2, 0) is 6.30 Å². The number of para-hydroxylation sites is 1. The fourth-order valence-corrected chi connectivity index (χ4v) is 4.37. The number of nitrogens with one attached hydrogen (secondary N) is 1. The molecule has 10 heteroatoms. The van der Waals surface area contributed by atoms with E-state index in [0.717, 1.165) is 24.3 Å². The average Bonchev–Trinajstić information content (AvgIpc) is 3.41. The lowest BCUT2D eigenvalue weighted by Gasteiger charge is -2.39. The predicted octanol–water partition coefficient (Wildman–Crippen LogP) is 3.67. The van der Waals surface area contributed by atoms with Crippen molar-refractivity contribution >= 4 is 16.7 Å². The number of rotatable bonds is 3. The first kappa shape index (κ1) is 19.6. The van der Waals surface area contributed by atoms with E-state index in [2.05, 4.69) is 26.5 Å². The third kappa shape index (κ3) is 3.55. The Hall–Kier alpha value is -3.32. The van der Waals surface area contributed by atoms with Crippen molar-refractivity contribution in [3.63, 3.8) is 0 Å². The van der Waals surface area contributed by atoms with Crippen LogP contribution in [0.4, 0.5) is 18.9 Å². The van der Waals surface area contributed by atoms with Crippen LogP contribution in [0, 0.1) is 17.2 Å². The molecular weight excluding hydrogens is 409 g/mol. The summed E-state index contributed by atoms with van der Waals surface area (Å²) in [5.74, 6) is 0.700. The van der Waals surface area contributed by atoms with Crippen LogP contribution < -0.4 is 10.1 Å². The number of anilines is 1. The second-order valence-corrected chi connectivity index (χ2v) is 7.78. The number of likely N-dealkylation sites (tertiary alicyclic amines) is 1. The Balaban J connectivity index is 1.53. The molecule has 0 saturated carbocycles. The van der Waals surface area contributed by atoms with E-state index in [1.165, 1.54) is 6.07 Å². The third-order valence-electron chi connectivity index (χ3n) is 5.87. The molecule has 2 aromatic carbocycles. The van der Waals surface area contributed by atoms with Crippen molar-refractivity contribution in [2.75, 3.05) is 25.0 Å². The summed E-state index contributed by atoms with van der Waals surface area (Å²) in [5.41, 5.74) is 1.69. The number of hydrogen-bond donors (Lipinski definition) is 1. The minimum absolute atomic E-state index is 0.0343. The molecule has 2 aliphatic heterocycles. The van der Waals surface area contributed by atoms with Gasteiger partial charge in [-0.3, -0.25) is 4.90 Å². The quantitative estimate of drug-likeness (QED) is 0.686. The predicted molar refractivity (Wildman–Crippen MR) is 106 cm³/mol. The number of fused-ring (bicyclic) bond motifs is 2. The highest BCUT2D eigenvalue weighted by atomic mass is 19.4. The molecule has 1 aromatic heterocycles. The van der Waals surface area contributed by atoms with Gasteiger partial charge in [0.2, 0.25) is 0 Å². The molecule has 2 aliphatic rings. The summed E-state index contributed by atoms with van der Waals surface area (Å²) in [7, 11) is 0. The number of hydrogen-bond acceptors (Lipinski definition) is 6. The van der Waals surface area contributed by atoms with Gasteiger partial charge in [0.25, 0.3) is 0 Å². The molecule has 3 aromatic rings. The number of halogens is 3. The third-order valence-corrected chi connectivity index (χ3v) is 5.87. The van der Waals surface area contributed by atoms with Gasteiger partial charge in [-0.05, 0) is 24.6 Å². The molecule has 3 heterocycles. The lowest BCUT2D eigenvalue weighted by atomic mass is 9.94. The molecule has 5 rings (SSSR count). The summed E-state index contributed by atoms with van der Waals surface area (Å²) < 4.78 is 45.3. The van der Waals surface area contributed by atoms with E-state index < -0.39 is 6.30 Å². The Bertz CT molecular complexity index is 1150. The van der Waals surface area contributed by atoms with Crippen LogP contribution in [0.25, 0.3) is 11.0 Å². The Morgan fingerprint density at radius 2 is 1.97 bits per heavy atom. The van der Waals surface area contributed by atoms with Gasteiger partial charge in [-0.1, -0.05) is 29.1 Å². The van der Waals surface area contributed by atoms with Gasteiger partial charge in [0, 0.05) is 18.7 Å². The lowest BCUT2D eigenvalue weighted by Crippen LogP contribution is -2.47. The molecule has 0 aliphatic carbocycles. The zero-order valence-corrected chi connectivity index (χ0v) is 16.4. The van der Waals surface area contributed by atoms with Crippen molar-refractivity contribution in [1.82, 2.24) is 19.9 Å². The molecular formula is C21H19F3N6O. The van der Waals surface area contributed by atoms with Crippen LogP contribution in [0.1, 0.15) is 18.0 Å². The van der Waals surface area contributed by atoms with Crippen LogP contribution in [-0.4, -0.2) is 45.6 Å². The summed E-state index contributed by atoms with van der Waals surface area (Å²) in [4.78, 5) is 2.00. The molecule has 0 bridgehead atoms. The van der Waals surface area contributed by atoms with E-state index in [9.17, 15) is 18.4 Å². The molecule has 31 heavy (non-hydrogen) atoms. The van der Waals surface area contributed by atoms with E-state index in [0.29, 0.717) is 18.8 Å². The summed E-state index contributed by atoms with van der Waals surface area (Å²) in [5, 5.41) is 20.0. The van der Waals surface area contributed by atoms with Gasteiger partial charge in [0.1, 0.15) is 23.4 Å². The standard InChI is InChI=1S/C21H19F3N6O/c22-21(23,24)30-27-16-6-3-5-15(20(16)28-30)26-19-14-4-1-2-7-18(14)31-12-17(19)29-9-8-13(10-25)11-29/h1-7,13,17,19,26H,8-9,11-12H2. The maximum Gasteiger partial charge on any atom is 0.521 e. The highest BCUT2D eigenvalue weighted by molar-refractivity contribution is 5.87. The fraction of sp³-hybridized carbons (Fsp3) is 0.381. The van der Waals surface area contributed by atoms with E-state index in [-0.39, 0.29) is 33.8 Å². The molecule has 1 saturated heterocycles. The Labute approximate surface area is 176 Å². The molecule has 1 fully saturated rings. The average molecular weight is 428 g/mol. The number of ether oxygens (including phenoxy) is 1. The molecule has 7 nitrogen and oxygen atoms in total. The smallest absolute Gasteiger partial charge is 0.491 e. The molecule has 3 unspecified atom stereocenters. The van der Waals surface area contributed by atoms with Gasteiger partial charge < -0.3 is 10.1 Å². The van der Waals surface area contributed by atoms with Crippen LogP contribution in [0.2, 0.25) is 0 Å². The number of aromatic nitrogens is 3. The molecule has 0 spiro atoms. The molecule has 0 amide bonds. The van der Waals surface area contributed by atoms with Gasteiger partial charge in [-0.25, -0.2) is 0 Å². The maximum atomic E-state index is 13.1. The molecule has 0 radical (unpaired) electrons. The van der Waals surface area contributed by atoms with E-state index in [4.69, 9.17) is 4.74 Å². The minimum Gasteiger partial charge on any atom is -0.491 e. The largest absolute Gasteiger partial charge is 0.521 e. The van der Waals surface area contributed by atoms with Crippen LogP contribution in [0.5, 0.6) is 5.75 Å². The SMILES string of the molecule is N#CC1CCN(C2COc3ccccc3C2Nc2cccc3nn(C(F)(F)F)nc23)C1. The van der Waals surface area contributed by atoms with Crippen molar-refractivity contribution in [3.05, 3.63) is 48.0 Å². The zero-order valence-electron chi connectivity index (χ0n) is 16.4. The normalized spacial score (nSPS) is 23.9. The van der Waals surface area contributed by atoms with Gasteiger partial charge >= 0.3 is 6.30 Å². The van der Waals surface area contributed by atoms with Crippen molar-refractivity contribution in [3.8, 4) is 11.8 Å². The Morgan fingerprint density at radius 1 is 1.13 bits per heavy atom. The number of nitriles is 1. The second kappa shape index (κ2) is 7.42.